The minimum atomic E-state index is -0.156. The maximum absolute atomic E-state index is 13.2. The van der Waals surface area contributed by atoms with Gasteiger partial charge in [-0.25, -0.2) is 0 Å². The van der Waals surface area contributed by atoms with E-state index >= 15 is 0 Å². The Bertz CT molecular complexity index is 831. The molecular weight excluding hydrogens is 372 g/mol. The van der Waals surface area contributed by atoms with Crippen LogP contribution in [0.5, 0.6) is 0 Å². The van der Waals surface area contributed by atoms with Crippen molar-refractivity contribution in [2.75, 3.05) is 42.9 Å². The third kappa shape index (κ3) is 4.27. The lowest BCUT2D eigenvalue weighted by molar-refractivity contribution is -0.120. The SMILES string of the molecule is C[C@@H]1CC(=O)Nc2ccccc2N1C(=O)CN1CCN(Cc2ccsc2)CC1. The van der Waals surface area contributed by atoms with Gasteiger partial charge in [-0.05, 0) is 41.4 Å². The fraction of sp³-hybridized carbons (Fsp3) is 0.429. The molecule has 1 saturated heterocycles. The number of thiophene rings is 1. The van der Waals surface area contributed by atoms with E-state index in [0.717, 1.165) is 38.4 Å². The molecular formula is C21H26N4O2S. The molecule has 0 aliphatic carbocycles. The molecule has 0 unspecified atom stereocenters. The molecule has 2 aliphatic rings. The van der Waals surface area contributed by atoms with Gasteiger partial charge in [0, 0.05) is 45.2 Å². The van der Waals surface area contributed by atoms with Gasteiger partial charge in [0.2, 0.25) is 11.8 Å². The minimum Gasteiger partial charge on any atom is -0.324 e. The maximum atomic E-state index is 13.2. The molecule has 7 heteroatoms. The van der Waals surface area contributed by atoms with Gasteiger partial charge in [0.1, 0.15) is 0 Å². The van der Waals surface area contributed by atoms with Crippen LogP contribution in [0.1, 0.15) is 18.9 Å². The number of carbonyl (C=O) groups excluding carboxylic acids is 2. The molecule has 1 aromatic heterocycles. The Morgan fingerprint density at radius 3 is 2.64 bits per heavy atom. The van der Waals surface area contributed by atoms with Crippen LogP contribution in [-0.2, 0) is 16.1 Å². The second-order valence-corrected chi connectivity index (χ2v) is 8.35. The van der Waals surface area contributed by atoms with Gasteiger partial charge in [-0.1, -0.05) is 12.1 Å². The molecule has 2 aromatic rings. The van der Waals surface area contributed by atoms with Crippen molar-refractivity contribution in [3.8, 4) is 0 Å². The van der Waals surface area contributed by atoms with Gasteiger partial charge in [-0.15, -0.1) is 0 Å². The zero-order valence-corrected chi connectivity index (χ0v) is 17.0. The highest BCUT2D eigenvalue weighted by atomic mass is 32.1. The summed E-state index contributed by atoms with van der Waals surface area (Å²) in [4.78, 5) is 31.7. The van der Waals surface area contributed by atoms with E-state index in [9.17, 15) is 9.59 Å². The first-order chi connectivity index (χ1) is 13.6. The third-order valence-corrected chi connectivity index (χ3v) is 6.17. The predicted octanol–water partition coefficient (Wildman–Crippen LogP) is 2.63. The first kappa shape index (κ1) is 19.1. The Balaban J connectivity index is 1.39. The number of fused-ring (bicyclic) bond motifs is 1. The van der Waals surface area contributed by atoms with Crippen molar-refractivity contribution in [2.45, 2.75) is 25.9 Å². The smallest absolute Gasteiger partial charge is 0.241 e. The normalized spacial score (nSPS) is 21.1. The van der Waals surface area contributed by atoms with Gasteiger partial charge in [0.25, 0.3) is 0 Å². The van der Waals surface area contributed by atoms with E-state index in [0.29, 0.717) is 18.7 Å². The number of hydrogen-bond acceptors (Lipinski definition) is 5. The van der Waals surface area contributed by atoms with Gasteiger partial charge in [-0.2, -0.15) is 11.3 Å². The first-order valence-corrected chi connectivity index (χ1v) is 10.7. The zero-order valence-electron chi connectivity index (χ0n) is 16.1. The van der Waals surface area contributed by atoms with Crippen LogP contribution in [0.15, 0.2) is 41.1 Å². The van der Waals surface area contributed by atoms with Crippen LogP contribution < -0.4 is 10.2 Å². The number of amides is 2. The summed E-state index contributed by atoms with van der Waals surface area (Å²) in [7, 11) is 0. The van der Waals surface area contributed by atoms with Crippen LogP contribution in [0.4, 0.5) is 11.4 Å². The molecule has 4 rings (SSSR count). The average Bonchev–Trinajstić information content (AvgIpc) is 3.13. The summed E-state index contributed by atoms with van der Waals surface area (Å²) < 4.78 is 0. The monoisotopic (exact) mass is 398 g/mol. The van der Waals surface area contributed by atoms with Crippen LogP contribution in [0.3, 0.4) is 0 Å². The van der Waals surface area contributed by atoms with Crippen molar-refractivity contribution in [2.24, 2.45) is 0 Å². The molecule has 6 nitrogen and oxygen atoms in total. The molecule has 148 valence electrons. The molecule has 3 heterocycles. The zero-order chi connectivity index (χ0) is 19.5. The molecule has 0 saturated carbocycles. The minimum absolute atomic E-state index is 0.0442. The van der Waals surface area contributed by atoms with Gasteiger partial charge in [0.15, 0.2) is 0 Å². The molecule has 1 aromatic carbocycles. The fourth-order valence-corrected chi connectivity index (χ4v) is 4.64. The number of hydrogen-bond donors (Lipinski definition) is 1. The van der Waals surface area contributed by atoms with Crippen molar-refractivity contribution in [1.82, 2.24) is 9.80 Å². The van der Waals surface area contributed by atoms with E-state index < -0.39 is 0 Å². The van der Waals surface area contributed by atoms with E-state index in [2.05, 4.69) is 31.9 Å². The second-order valence-electron chi connectivity index (χ2n) is 7.57. The lowest BCUT2D eigenvalue weighted by atomic mass is 10.1. The topological polar surface area (TPSA) is 55.9 Å². The molecule has 1 N–H and O–H groups in total. The molecule has 0 radical (unpaired) electrons. The van der Waals surface area contributed by atoms with E-state index in [1.807, 2.05) is 31.2 Å². The number of rotatable bonds is 4. The standard InChI is InChI=1S/C21H26N4O2S/c1-16-12-20(26)22-18-4-2-3-5-19(18)25(16)21(27)14-24-9-7-23(8-10-24)13-17-6-11-28-15-17/h2-6,11,15-16H,7-10,12-14H2,1H3,(H,22,26)/t16-/m1/s1. The summed E-state index contributed by atoms with van der Waals surface area (Å²) in [5, 5.41) is 7.23. The quantitative estimate of drug-likeness (QED) is 0.860. The summed E-state index contributed by atoms with van der Waals surface area (Å²) in [5.74, 6) is 0.0139. The second kappa shape index (κ2) is 8.43. The largest absolute Gasteiger partial charge is 0.324 e. The molecule has 1 fully saturated rings. The molecule has 0 bridgehead atoms. The Hall–Kier alpha value is -2.22. The Morgan fingerprint density at radius 2 is 1.89 bits per heavy atom. The highest BCUT2D eigenvalue weighted by molar-refractivity contribution is 7.07. The Morgan fingerprint density at radius 1 is 1.14 bits per heavy atom. The molecule has 2 aliphatic heterocycles. The number of benzene rings is 1. The number of nitrogens with zero attached hydrogens (tertiary/aromatic N) is 3. The summed E-state index contributed by atoms with van der Waals surface area (Å²) in [5.41, 5.74) is 2.87. The van der Waals surface area contributed by atoms with Gasteiger partial charge in [-0.3, -0.25) is 19.4 Å². The van der Waals surface area contributed by atoms with Gasteiger partial charge < -0.3 is 10.2 Å². The van der Waals surface area contributed by atoms with Crippen LogP contribution >= 0.6 is 11.3 Å². The Kier molecular flexibility index (Phi) is 5.75. The highest BCUT2D eigenvalue weighted by Crippen LogP contribution is 2.31. The third-order valence-electron chi connectivity index (χ3n) is 5.44. The molecule has 2 amide bonds. The fourth-order valence-electron chi connectivity index (χ4n) is 3.98. The number of piperazine rings is 1. The summed E-state index contributed by atoms with van der Waals surface area (Å²) in [6, 6.07) is 9.57. The van der Waals surface area contributed by atoms with Gasteiger partial charge in [0.05, 0.1) is 17.9 Å². The molecule has 28 heavy (non-hydrogen) atoms. The highest BCUT2D eigenvalue weighted by Gasteiger charge is 2.31. The number of carbonyl (C=O) groups is 2. The van der Waals surface area contributed by atoms with Crippen LogP contribution in [-0.4, -0.2) is 60.4 Å². The summed E-state index contributed by atoms with van der Waals surface area (Å²) in [6.45, 7) is 7.02. The summed E-state index contributed by atoms with van der Waals surface area (Å²) in [6.07, 6.45) is 0.314. The lowest BCUT2D eigenvalue weighted by Gasteiger charge is -2.36. The van der Waals surface area contributed by atoms with Crippen molar-refractivity contribution >= 4 is 34.5 Å². The van der Waals surface area contributed by atoms with Crippen molar-refractivity contribution in [1.29, 1.82) is 0 Å². The molecule has 0 spiro atoms. The lowest BCUT2D eigenvalue weighted by Crippen LogP contribution is -2.51. The van der Waals surface area contributed by atoms with Crippen LogP contribution in [0.25, 0.3) is 0 Å². The van der Waals surface area contributed by atoms with E-state index in [-0.39, 0.29) is 17.9 Å². The first-order valence-electron chi connectivity index (χ1n) is 9.77. The average molecular weight is 399 g/mol. The van der Waals surface area contributed by atoms with Crippen LogP contribution in [0, 0.1) is 0 Å². The van der Waals surface area contributed by atoms with E-state index in [4.69, 9.17) is 0 Å². The molecule has 1 atom stereocenters. The number of anilines is 2. The van der Waals surface area contributed by atoms with Crippen molar-refractivity contribution < 1.29 is 9.59 Å². The summed E-state index contributed by atoms with van der Waals surface area (Å²) >= 11 is 1.73. The van der Waals surface area contributed by atoms with Crippen molar-refractivity contribution in [3.63, 3.8) is 0 Å². The van der Waals surface area contributed by atoms with E-state index in [1.54, 1.807) is 16.2 Å². The Labute approximate surface area is 169 Å². The van der Waals surface area contributed by atoms with Gasteiger partial charge >= 0.3 is 0 Å². The number of para-hydroxylation sites is 2. The van der Waals surface area contributed by atoms with Crippen molar-refractivity contribution in [3.05, 3.63) is 46.7 Å². The maximum Gasteiger partial charge on any atom is 0.241 e. The van der Waals surface area contributed by atoms with E-state index in [1.165, 1.54) is 5.56 Å². The number of nitrogens with one attached hydrogen (secondary N) is 1. The predicted molar refractivity (Wildman–Crippen MR) is 113 cm³/mol. The van der Waals surface area contributed by atoms with Crippen LogP contribution in [0.2, 0.25) is 0 Å².